The van der Waals surface area contributed by atoms with Crippen LogP contribution in [0.15, 0.2) is 30.3 Å². The first-order valence-corrected chi connectivity index (χ1v) is 6.48. The molecule has 3 nitrogen and oxygen atoms in total. The minimum atomic E-state index is 0.248. The zero-order valence-electron chi connectivity index (χ0n) is 10.8. The van der Waals surface area contributed by atoms with Crippen LogP contribution in [-0.2, 0) is 0 Å². The van der Waals surface area contributed by atoms with Crippen LogP contribution in [0.3, 0.4) is 0 Å². The first-order valence-electron chi connectivity index (χ1n) is 6.48. The van der Waals surface area contributed by atoms with E-state index >= 15 is 0 Å². The Morgan fingerprint density at radius 2 is 1.59 bits per heavy atom. The van der Waals surface area contributed by atoms with Crippen molar-refractivity contribution in [3.8, 4) is 0 Å². The third kappa shape index (κ3) is 2.99. The normalized spacial score (nSPS) is 21.2. The minimum absolute atomic E-state index is 0.248. The number of hydrogen-bond donors (Lipinski definition) is 1. The molecule has 1 saturated heterocycles. The van der Waals surface area contributed by atoms with E-state index in [2.05, 4.69) is 54.0 Å². The second kappa shape index (κ2) is 5.52. The van der Waals surface area contributed by atoms with E-state index in [4.69, 9.17) is 5.73 Å². The predicted molar refractivity (Wildman–Crippen MR) is 73.3 cm³/mol. The molecule has 0 aliphatic carbocycles. The summed E-state index contributed by atoms with van der Waals surface area (Å²) in [5.41, 5.74) is 7.29. The number of anilines is 1. The van der Waals surface area contributed by atoms with Crippen LogP contribution in [0.4, 0.5) is 5.69 Å². The lowest BCUT2D eigenvalue weighted by Crippen LogP contribution is -2.53. The van der Waals surface area contributed by atoms with Crippen molar-refractivity contribution < 1.29 is 0 Å². The quantitative estimate of drug-likeness (QED) is 0.859. The van der Waals surface area contributed by atoms with Gasteiger partial charge in [0.05, 0.1) is 0 Å². The third-order valence-electron chi connectivity index (χ3n) is 3.77. The molecule has 0 aromatic heterocycles. The topological polar surface area (TPSA) is 32.5 Å². The first kappa shape index (κ1) is 12.4. The molecule has 0 spiro atoms. The Bertz CT molecular complexity index is 329. The molecule has 1 aromatic carbocycles. The molecule has 1 aliphatic heterocycles. The molecule has 1 fully saturated rings. The molecule has 1 aliphatic rings. The van der Waals surface area contributed by atoms with Crippen molar-refractivity contribution in [2.24, 2.45) is 5.73 Å². The SMILES string of the molecule is C[C@H](N)[C@H](C)N1CCN(c2ccccc2)CC1. The van der Waals surface area contributed by atoms with Gasteiger partial charge in [-0.25, -0.2) is 0 Å². The van der Waals surface area contributed by atoms with Crippen LogP contribution in [0.5, 0.6) is 0 Å². The van der Waals surface area contributed by atoms with Gasteiger partial charge in [0.15, 0.2) is 0 Å². The van der Waals surface area contributed by atoms with Crippen molar-refractivity contribution in [2.45, 2.75) is 25.9 Å². The number of hydrogen-bond acceptors (Lipinski definition) is 3. The van der Waals surface area contributed by atoms with Crippen LogP contribution in [0.25, 0.3) is 0 Å². The molecule has 1 aromatic rings. The molecule has 2 atom stereocenters. The average molecular weight is 233 g/mol. The first-order chi connectivity index (χ1) is 8.18. The number of para-hydroxylation sites is 1. The van der Waals surface area contributed by atoms with Crippen LogP contribution in [-0.4, -0.2) is 43.2 Å². The van der Waals surface area contributed by atoms with Crippen molar-refractivity contribution in [1.82, 2.24) is 4.90 Å². The monoisotopic (exact) mass is 233 g/mol. The fraction of sp³-hybridized carbons (Fsp3) is 0.571. The molecule has 2 N–H and O–H groups in total. The van der Waals surface area contributed by atoms with Crippen molar-refractivity contribution in [3.63, 3.8) is 0 Å². The Hall–Kier alpha value is -1.06. The number of piperazine rings is 1. The standard InChI is InChI=1S/C14H23N3/c1-12(15)13(2)16-8-10-17(11-9-16)14-6-4-3-5-7-14/h3-7,12-13H,8-11,15H2,1-2H3/t12-,13-/m0/s1. The summed E-state index contributed by atoms with van der Waals surface area (Å²) in [6.07, 6.45) is 0. The summed E-state index contributed by atoms with van der Waals surface area (Å²) in [4.78, 5) is 4.94. The van der Waals surface area contributed by atoms with Gasteiger partial charge in [-0.15, -0.1) is 0 Å². The van der Waals surface area contributed by atoms with E-state index in [1.807, 2.05) is 0 Å². The summed E-state index contributed by atoms with van der Waals surface area (Å²) in [7, 11) is 0. The zero-order valence-corrected chi connectivity index (χ0v) is 10.8. The Kier molecular flexibility index (Phi) is 4.02. The van der Waals surface area contributed by atoms with E-state index in [0.717, 1.165) is 26.2 Å². The molecule has 94 valence electrons. The highest BCUT2D eigenvalue weighted by Gasteiger charge is 2.22. The lowest BCUT2D eigenvalue weighted by molar-refractivity contribution is 0.178. The smallest absolute Gasteiger partial charge is 0.0367 e. The van der Waals surface area contributed by atoms with Gasteiger partial charge in [0.1, 0.15) is 0 Å². The predicted octanol–water partition coefficient (Wildman–Crippen LogP) is 1.54. The number of nitrogens with zero attached hydrogens (tertiary/aromatic N) is 2. The highest BCUT2D eigenvalue weighted by molar-refractivity contribution is 5.46. The Balaban J connectivity index is 1.90. The molecular weight excluding hydrogens is 210 g/mol. The van der Waals surface area contributed by atoms with E-state index in [-0.39, 0.29) is 6.04 Å². The molecular formula is C14H23N3. The lowest BCUT2D eigenvalue weighted by atomic mass is 10.1. The van der Waals surface area contributed by atoms with Gasteiger partial charge in [0.2, 0.25) is 0 Å². The van der Waals surface area contributed by atoms with E-state index in [9.17, 15) is 0 Å². The Labute approximate surface area is 104 Å². The molecule has 1 heterocycles. The van der Waals surface area contributed by atoms with E-state index < -0.39 is 0 Å². The number of nitrogens with two attached hydrogens (primary N) is 1. The molecule has 0 bridgehead atoms. The Morgan fingerprint density at radius 1 is 1.00 bits per heavy atom. The molecule has 0 amide bonds. The maximum Gasteiger partial charge on any atom is 0.0367 e. The second-order valence-electron chi connectivity index (χ2n) is 4.96. The van der Waals surface area contributed by atoms with Crippen molar-refractivity contribution in [1.29, 1.82) is 0 Å². The van der Waals surface area contributed by atoms with Gasteiger partial charge in [0.25, 0.3) is 0 Å². The maximum atomic E-state index is 5.96. The van der Waals surface area contributed by atoms with E-state index in [1.165, 1.54) is 5.69 Å². The van der Waals surface area contributed by atoms with Gasteiger partial charge < -0.3 is 10.6 Å². The average Bonchev–Trinajstić information content (AvgIpc) is 2.39. The van der Waals surface area contributed by atoms with Gasteiger partial charge in [0, 0.05) is 44.0 Å². The Morgan fingerprint density at radius 3 is 2.12 bits per heavy atom. The summed E-state index contributed by atoms with van der Waals surface area (Å²) < 4.78 is 0. The van der Waals surface area contributed by atoms with E-state index in [1.54, 1.807) is 0 Å². The third-order valence-corrected chi connectivity index (χ3v) is 3.77. The van der Waals surface area contributed by atoms with Crippen LogP contribution in [0.1, 0.15) is 13.8 Å². The van der Waals surface area contributed by atoms with Gasteiger partial charge in [-0.2, -0.15) is 0 Å². The van der Waals surface area contributed by atoms with Crippen LogP contribution in [0.2, 0.25) is 0 Å². The molecule has 2 rings (SSSR count). The van der Waals surface area contributed by atoms with Gasteiger partial charge in [-0.1, -0.05) is 18.2 Å². The summed E-state index contributed by atoms with van der Waals surface area (Å²) in [5.74, 6) is 0. The van der Waals surface area contributed by atoms with E-state index in [0.29, 0.717) is 6.04 Å². The highest BCUT2D eigenvalue weighted by Crippen LogP contribution is 2.16. The molecule has 0 unspecified atom stereocenters. The largest absolute Gasteiger partial charge is 0.369 e. The van der Waals surface area contributed by atoms with Gasteiger partial charge in [-0.05, 0) is 26.0 Å². The van der Waals surface area contributed by atoms with Crippen LogP contribution < -0.4 is 10.6 Å². The fourth-order valence-corrected chi connectivity index (χ4v) is 2.36. The number of rotatable bonds is 3. The minimum Gasteiger partial charge on any atom is -0.369 e. The zero-order chi connectivity index (χ0) is 12.3. The number of benzene rings is 1. The van der Waals surface area contributed by atoms with Gasteiger partial charge in [-0.3, -0.25) is 4.90 Å². The molecule has 3 heteroatoms. The molecule has 0 saturated carbocycles. The molecule has 0 radical (unpaired) electrons. The van der Waals surface area contributed by atoms with Crippen molar-refractivity contribution in [2.75, 3.05) is 31.1 Å². The summed E-state index contributed by atoms with van der Waals surface area (Å²) >= 11 is 0. The second-order valence-corrected chi connectivity index (χ2v) is 4.96. The fourth-order valence-electron chi connectivity index (χ4n) is 2.36. The summed E-state index contributed by atoms with van der Waals surface area (Å²) in [5, 5.41) is 0. The molecule has 17 heavy (non-hydrogen) atoms. The van der Waals surface area contributed by atoms with Gasteiger partial charge >= 0.3 is 0 Å². The highest BCUT2D eigenvalue weighted by atomic mass is 15.3. The van der Waals surface area contributed by atoms with Crippen molar-refractivity contribution in [3.05, 3.63) is 30.3 Å². The van der Waals surface area contributed by atoms with Crippen LogP contribution >= 0.6 is 0 Å². The maximum absolute atomic E-state index is 5.96. The lowest BCUT2D eigenvalue weighted by Gasteiger charge is -2.40. The van der Waals surface area contributed by atoms with Crippen LogP contribution in [0, 0.1) is 0 Å². The van der Waals surface area contributed by atoms with Crippen molar-refractivity contribution >= 4 is 5.69 Å². The summed E-state index contributed by atoms with van der Waals surface area (Å²) in [6.45, 7) is 8.73. The summed E-state index contributed by atoms with van der Waals surface area (Å²) in [6, 6.07) is 11.4.